The first-order chi connectivity index (χ1) is 9.20. The summed E-state index contributed by atoms with van der Waals surface area (Å²) in [6, 6.07) is 10.0. The average molecular weight is 264 g/mol. The highest BCUT2D eigenvalue weighted by molar-refractivity contribution is 5.65. The highest BCUT2D eigenvalue weighted by Gasteiger charge is 2.34. The van der Waals surface area contributed by atoms with Crippen molar-refractivity contribution >= 4 is 6.09 Å². The van der Waals surface area contributed by atoms with E-state index >= 15 is 0 Å². The standard InChI is InChI=1S/C14H20N2O3/c1-19-8-7-16-9-12(11-5-3-2-4-6-11)13(10-16)15-14(17)18/h2-6,12-13,15H,7-10H2,1H3,(H,17,18). The molecular formula is C14H20N2O3. The molecule has 0 bridgehead atoms. The van der Waals surface area contributed by atoms with Gasteiger partial charge in [0.15, 0.2) is 0 Å². The van der Waals surface area contributed by atoms with Gasteiger partial charge >= 0.3 is 6.09 Å². The van der Waals surface area contributed by atoms with Crippen LogP contribution in [0.15, 0.2) is 30.3 Å². The lowest BCUT2D eigenvalue weighted by Gasteiger charge is -2.18. The van der Waals surface area contributed by atoms with Crippen LogP contribution in [0.25, 0.3) is 0 Å². The molecule has 0 aliphatic carbocycles. The van der Waals surface area contributed by atoms with Crippen molar-refractivity contribution in [2.75, 3.05) is 33.4 Å². The maximum atomic E-state index is 10.9. The molecule has 2 rings (SSSR count). The van der Waals surface area contributed by atoms with Crippen molar-refractivity contribution in [3.05, 3.63) is 35.9 Å². The molecule has 5 heteroatoms. The Bertz CT molecular complexity index is 410. The fourth-order valence-electron chi connectivity index (χ4n) is 2.63. The van der Waals surface area contributed by atoms with E-state index < -0.39 is 6.09 Å². The Labute approximate surface area is 113 Å². The monoisotopic (exact) mass is 264 g/mol. The minimum Gasteiger partial charge on any atom is -0.465 e. The van der Waals surface area contributed by atoms with Gasteiger partial charge in [0.05, 0.1) is 12.6 Å². The number of hydrogen-bond donors (Lipinski definition) is 2. The Morgan fingerprint density at radius 3 is 2.79 bits per heavy atom. The lowest BCUT2D eigenvalue weighted by Crippen LogP contribution is -2.39. The van der Waals surface area contributed by atoms with Crippen molar-refractivity contribution in [1.29, 1.82) is 0 Å². The largest absolute Gasteiger partial charge is 0.465 e. The number of carboxylic acid groups (broad SMARTS) is 1. The van der Waals surface area contributed by atoms with Crippen LogP contribution >= 0.6 is 0 Å². The van der Waals surface area contributed by atoms with Crippen molar-refractivity contribution in [2.24, 2.45) is 0 Å². The van der Waals surface area contributed by atoms with Crippen LogP contribution < -0.4 is 5.32 Å². The normalized spacial score (nSPS) is 23.4. The average Bonchev–Trinajstić information content (AvgIpc) is 2.79. The van der Waals surface area contributed by atoms with E-state index in [9.17, 15) is 4.79 Å². The van der Waals surface area contributed by atoms with Crippen molar-refractivity contribution in [3.63, 3.8) is 0 Å². The molecule has 1 heterocycles. The van der Waals surface area contributed by atoms with Crippen LogP contribution in [0.2, 0.25) is 0 Å². The van der Waals surface area contributed by atoms with E-state index in [4.69, 9.17) is 9.84 Å². The molecule has 19 heavy (non-hydrogen) atoms. The van der Waals surface area contributed by atoms with E-state index in [1.54, 1.807) is 7.11 Å². The molecule has 2 N–H and O–H groups in total. The van der Waals surface area contributed by atoms with E-state index in [1.807, 2.05) is 18.2 Å². The van der Waals surface area contributed by atoms with Crippen LogP contribution in [0, 0.1) is 0 Å². The Morgan fingerprint density at radius 2 is 2.16 bits per heavy atom. The number of amides is 1. The number of hydrogen-bond acceptors (Lipinski definition) is 3. The Balaban J connectivity index is 2.07. The molecule has 0 aromatic heterocycles. The summed E-state index contributed by atoms with van der Waals surface area (Å²) >= 11 is 0. The first kappa shape index (κ1) is 13.8. The summed E-state index contributed by atoms with van der Waals surface area (Å²) in [6.45, 7) is 3.09. The van der Waals surface area contributed by atoms with Gasteiger partial charge in [0.2, 0.25) is 0 Å². The zero-order valence-corrected chi connectivity index (χ0v) is 11.1. The molecule has 1 fully saturated rings. The topological polar surface area (TPSA) is 61.8 Å². The van der Waals surface area contributed by atoms with Gasteiger partial charge in [-0.3, -0.25) is 4.90 Å². The molecule has 1 aromatic carbocycles. The third kappa shape index (κ3) is 3.68. The molecule has 2 atom stereocenters. The van der Waals surface area contributed by atoms with E-state index in [2.05, 4.69) is 22.3 Å². The van der Waals surface area contributed by atoms with Crippen molar-refractivity contribution in [3.8, 4) is 0 Å². The number of carbonyl (C=O) groups is 1. The van der Waals surface area contributed by atoms with Gasteiger partial charge in [-0.25, -0.2) is 4.79 Å². The van der Waals surface area contributed by atoms with Gasteiger partial charge in [-0.2, -0.15) is 0 Å². The molecular weight excluding hydrogens is 244 g/mol. The summed E-state index contributed by atoms with van der Waals surface area (Å²) in [6.07, 6.45) is -0.959. The first-order valence-electron chi connectivity index (χ1n) is 6.46. The summed E-state index contributed by atoms with van der Waals surface area (Å²) in [7, 11) is 1.68. The Hall–Kier alpha value is -1.59. The number of ether oxygens (including phenoxy) is 1. The summed E-state index contributed by atoms with van der Waals surface area (Å²) in [5, 5.41) is 11.6. The van der Waals surface area contributed by atoms with Crippen molar-refractivity contribution < 1.29 is 14.6 Å². The maximum Gasteiger partial charge on any atom is 0.404 e. The molecule has 1 saturated heterocycles. The molecule has 1 amide bonds. The number of benzene rings is 1. The third-order valence-electron chi connectivity index (χ3n) is 3.54. The molecule has 0 radical (unpaired) electrons. The minimum atomic E-state index is -0.959. The van der Waals surface area contributed by atoms with Crippen molar-refractivity contribution in [2.45, 2.75) is 12.0 Å². The zero-order valence-electron chi connectivity index (χ0n) is 11.1. The minimum absolute atomic E-state index is 0.0586. The van der Waals surface area contributed by atoms with Gasteiger partial charge < -0.3 is 15.2 Å². The van der Waals surface area contributed by atoms with Crippen LogP contribution in [-0.2, 0) is 4.74 Å². The lowest BCUT2D eigenvalue weighted by molar-refractivity contribution is 0.158. The predicted molar refractivity (Wildman–Crippen MR) is 72.4 cm³/mol. The quantitative estimate of drug-likeness (QED) is 0.843. The highest BCUT2D eigenvalue weighted by atomic mass is 16.5. The molecule has 1 aliphatic rings. The van der Waals surface area contributed by atoms with Gasteiger partial charge in [0.25, 0.3) is 0 Å². The molecule has 1 aliphatic heterocycles. The molecule has 1 aromatic rings. The molecule has 5 nitrogen and oxygen atoms in total. The maximum absolute atomic E-state index is 10.9. The van der Waals surface area contributed by atoms with Crippen LogP contribution in [0.3, 0.4) is 0 Å². The van der Waals surface area contributed by atoms with Gasteiger partial charge in [0.1, 0.15) is 0 Å². The molecule has 104 valence electrons. The van der Waals surface area contributed by atoms with E-state index in [1.165, 1.54) is 5.56 Å². The number of nitrogens with zero attached hydrogens (tertiary/aromatic N) is 1. The zero-order chi connectivity index (χ0) is 13.7. The van der Waals surface area contributed by atoms with Gasteiger partial charge in [-0.15, -0.1) is 0 Å². The van der Waals surface area contributed by atoms with Crippen LogP contribution in [0.1, 0.15) is 11.5 Å². The van der Waals surface area contributed by atoms with Crippen LogP contribution in [-0.4, -0.2) is 55.5 Å². The first-order valence-corrected chi connectivity index (χ1v) is 6.46. The van der Waals surface area contributed by atoms with E-state index in [-0.39, 0.29) is 12.0 Å². The van der Waals surface area contributed by atoms with Gasteiger partial charge in [-0.1, -0.05) is 30.3 Å². The number of nitrogens with one attached hydrogen (secondary N) is 1. The number of rotatable bonds is 5. The number of likely N-dealkylation sites (tertiary alicyclic amines) is 1. The second-order valence-electron chi connectivity index (χ2n) is 4.83. The van der Waals surface area contributed by atoms with Crippen molar-refractivity contribution in [1.82, 2.24) is 10.2 Å². The van der Waals surface area contributed by atoms with Crippen LogP contribution in [0.5, 0.6) is 0 Å². The Kier molecular flexibility index (Phi) is 4.76. The van der Waals surface area contributed by atoms with E-state index in [0.29, 0.717) is 6.61 Å². The molecule has 0 spiro atoms. The second kappa shape index (κ2) is 6.54. The highest BCUT2D eigenvalue weighted by Crippen LogP contribution is 2.27. The second-order valence-corrected chi connectivity index (χ2v) is 4.83. The molecule has 0 saturated carbocycles. The van der Waals surface area contributed by atoms with E-state index in [0.717, 1.165) is 19.6 Å². The van der Waals surface area contributed by atoms with Gasteiger partial charge in [0, 0.05) is 32.7 Å². The summed E-state index contributed by atoms with van der Waals surface area (Å²) in [5.41, 5.74) is 1.18. The molecule has 2 unspecified atom stereocenters. The Morgan fingerprint density at radius 1 is 1.42 bits per heavy atom. The summed E-state index contributed by atoms with van der Waals surface area (Å²) < 4.78 is 5.08. The predicted octanol–water partition coefficient (Wildman–Crippen LogP) is 1.37. The smallest absolute Gasteiger partial charge is 0.404 e. The number of methoxy groups -OCH3 is 1. The lowest BCUT2D eigenvalue weighted by atomic mass is 9.94. The fourth-order valence-corrected chi connectivity index (χ4v) is 2.63. The van der Waals surface area contributed by atoms with Crippen LogP contribution in [0.4, 0.5) is 4.79 Å². The van der Waals surface area contributed by atoms with Gasteiger partial charge in [-0.05, 0) is 5.56 Å². The summed E-state index contributed by atoms with van der Waals surface area (Å²) in [5.74, 6) is 0.203. The fraction of sp³-hybridized carbons (Fsp3) is 0.500. The summed E-state index contributed by atoms with van der Waals surface area (Å²) in [4.78, 5) is 13.1. The SMILES string of the molecule is COCCN1CC(NC(=O)O)C(c2ccccc2)C1. The third-order valence-corrected chi connectivity index (χ3v) is 3.54.